The molecule has 0 spiro atoms. The number of benzene rings is 1. The summed E-state index contributed by atoms with van der Waals surface area (Å²) in [5, 5.41) is 3.75. The third-order valence-electron chi connectivity index (χ3n) is 4.05. The number of piperidine rings is 1. The van der Waals surface area contributed by atoms with Crippen LogP contribution in [0.2, 0.25) is 5.02 Å². The Hall–Kier alpha value is -1.06. The minimum atomic E-state index is 0.155. The summed E-state index contributed by atoms with van der Waals surface area (Å²) >= 11 is 5.85. The first-order valence-corrected chi connectivity index (χ1v) is 8.25. The van der Waals surface area contributed by atoms with Crippen LogP contribution in [0.25, 0.3) is 0 Å². The van der Waals surface area contributed by atoms with E-state index < -0.39 is 0 Å². The van der Waals surface area contributed by atoms with Crippen LogP contribution in [0.15, 0.2) is 24.3 Å². The van der Waals surface area contributed by atoms with Crippen molar-refractivity contribution in [2.45, 2.75) is 32.6 Å². The maximum atomic E-state index is 11.9. The van der Waals surface area contributed by atoms with Gasteiger partial charge in [-0.15, -0.1) is 0 Å². The lowest BCUT2D eigenvalue weighted by molar-refractivity contribution is -0.121. The van der Waals surface area contributed by atoms with Gasteiger partial charge in [0, 0.05) is 31.1 Å². The molecule has 1 saturated heterocycles. The molecule has 0 aromatic heterocycles. The van der Waals surface area contributed by atoms with Crippen molar-refractivity contribution in [1.29, 1.82) is 0 Å². The van der Waals surface area contributed by atoms with Crippen molar-refractivity contribution in [2.75, 3.05) is 26.2 Å². The van der Waals surface area contributed by atoms with Gasteiger partial charge in [0.15, 0.2) is 0 Å². The summed E-state index contributed by atoms with van der Waals surface area (Å²) in [6.07, 6.45) is 4.04. The Morgan fingerprint density at radius 1 is 1.38 bits per heavy atom. The standard InChI is InChI=1S/C17H25ClN2O/c1-14-3-2-11-20(13-14)12-9-17(21)19-10-8-15-4-6-16(18)7-5-15/h4-7,14H,2-3,8-13H2,1H3,(H,19,21). The van der Waals surface area contributed by atoms with Crippen molar-refractivity contribution < 1.29 is 4.79 Å². The lowest BCUT2D eigenvalue weighted by Crippen LogP contribution is -2.37. The van der Waals surface area contributed by atoms with Crippen LogP contribution in [0.4, 0.5) is 0 Å². The fourth-order valence-corrected chi connectivity index (χ4v) is 2.96. The van der Waals surface area contributed by atoms with E-state index in [1.54, 1.807) is 0 Å². The molecule has 1 N–H and O–H groups in total. The number of amides is 1. The van der Waals surface area contributed by atoms with Gasteiger partial charge in [-0.2, -0.15) is 0 Å². The van der Waals surface area contributed by atoms with Crippen LogP contribution in [-0.4, -0.2) is 37.0 Å². The second-order valence-electron chi connectivity index (χ2n) is 6.02. The van der Waals surface area contributed by atoms with E-state index in [9.17, 15) is 4.79 Å². The first-order chi connectivity index (χ1) is 10.1. The fraction of sp³-hybridized carbons (Fsp3) is 0.588. The first-order valence-electron chi connectivity index (χ1n) is 7.87. The van der Waals surface area contributed by atoms with E-state index in [1.807, 2.05) is 24.3 Å². The Kier molecular flexibility index (Phi) is 6.52. The van der Waals surface area contributed by atoms with Gasteiger partial charge < -0.3 is 10.2 Å². The van der Waals surface area contributed by atoms with Crippen LogP contribution in [-0.2, 0) is 11.2 Å². The molecule has 4 heteroatoms. The number of nitrogens with zero attached hydrogens (tertiary/aromatic N) is 1. The van der Waals surface area contributed by atoms with Gasteiger partial charge in [-0.25, -0.2) is 0 Å². The molecule has 0 aliphatic carbocycles. The molecule has 0 saturated carbocycles. The Balaban J connectivity index is 1.60. The second-order valence-corrected chi connectivity index (χ2v) is 6.46. The third-order valence-corrected chi connectivity index (χ3v) is 4.30. The van der Waals surface area contributed by atoms with Gasteiger partial charge >= 0.3 is 0 Å². The zero-order valence-corrected chi connectivity index (χ0v) is 13.5. The van der Waals surface area contributed by atoms with E-state index in [4.69, 9.17) is 11.6 Å². The SMILES string of the molecule is CC1CCCN(CCC(=O)NCCc2ccc(Cl)cc2)C1. The summed E-state index contributed by atoms with van der Waals surface area (Å²) in [5.74, 6) is 0.925. The van der Waals surface area contributed by atoms with Crippen molar-refractivity contribution in [3.63, 3.8) is 0 Å². The molecule has 1 fully saturated rings. The zero-order valence-electron chi connectivity index (χ0n) is 12.8. The number of hydrogen-bond donors (Lipinski definition) is 1. The average molecular weight is 309 g/mol. The summed E-state index contributed by atoms with van der Waals surface area (Å²) in [5.41, 5.74) is 1.20. The molecule has 1 unspecified atom stereocenters. The smallest absolute Gasteiger partial charge is 0.221 e. The molecular formula is C17H25ClN2O. The lowest BCUT2D eigenvalue weighted by Gasteiger charge is -2.30. The van der Waals surface area contributed by atoms with Gasteiger partial charge in [0.25, 0.3) is 0 Å². The van der Waals surface area contributed by atoms with E-state index in [2.05, 4.69) is 17.1 Å². The van der Waals surface area contributed by atoms with Crippen molar-refractivity contribution in [2.24, 2.45) is 5.92 Å². The molecule has 2 rings (SSSR count). The number of hydrogen-bond acceptors (Lipinski definition) is 2. The molecule has 1 amide bonds. The Morgan fingerprint density at radius 3 is 2.86 bits per heavy atom. The van der Waals surface area contributed by atoms with Gasteiger partial charge in [-0.1, -0.05) is 30.7 Å². The molecule has 1 aliphatic heterocycles. The number of rotatable bonds is 6. The highest BCUT2D eigenvalue weighted by atomic mass is 35.5. The number of nitrogens with one attached hydrogen (secondary N) is 1. The number of halogens is 1. The topological polar surface area (TPSA) is 32.3 Å². The monoisotopic (exact) mass is 308 g/mol. The second kappa shape index (κ2) is 8.40. The Morgan fingerprint density at radius 2 is 2.14 bits per heavy atom. The summed E-state index contributed by atoms with van der Waals surface area (Å²) < 4.78 is 0. The van der Waals surface area contributed by atoms with Crippen LogP contribution in [0.1, 0.15) is 31.7 Å². The van der Waals surface area contributed by atoms with Gasteiger partial charge in [-0.05, 0) is 49.4 Å². The van der Waals surface area contributed by atoms with Crippen LogP contribution >= 0.6 is 11.6 Å². The molecule has 1 atom stereocenters. The summed E-state index contributed by atoms with van der Waals surface area (Å²) in [6.45, 7) is 6.15. The van der Waals surface area contributed by atoms with E-state index in [1.165, 1.54) is 18.4 Å². The minimum Gasteiger partial charge on any atom is -0.356 e. The molecular weight excluding hydrogens is 284 g/mol. The normalized spacial score (nSPS) is 19.4. The molecule has 0 bridgehead atoms. The largest absolute Gasteiger partial charge is 0.356 e. The van der Waals surface area contributed by atoms with Gasteiger partial charge in [-0.3, -0.25) is 4.79 Å². The summed E-state index contributed by atoms with van der Waals surface area (Å²) in [4.78, 5) is 14.3. The van der Waals surface area contributed by atoms with Crippen LogP contribution in [0, 0.1) is 5.92 Å². The Labute approximate surface area is 132 Å². The maximum absolute atomic E-state index is 11.9. The zero-order chi connectivity index (χ0) is 15.1. The molecule has 1 heterocycles. The van der Waals surface area contributed by atoms with E-state index in [0.29, 0.717) is 13.0 Å². The van der Waals surface area contributed by atoms with Crippen LogP contribution < -0.4 is 5.32 Å². The minimum absolute atomic E-state index is 0.155. The predicted octanol–water partition coefficient (Wildman–Crippen LogP) is 3.12. The van der Waals surface area contributed by atoms with Crippen molar-refractivity contribution >= 4 is 17.5 Å². The average Bonchev–Trinajstić information content (AvgIpc) is 2.47. The third kappa shape index (κ3) is 6.06. The fourth-order valence-electron chi connectivity index (χ4n) is 2.84. The lowest BCUT2D eigenvalue weighted by atomic mass is 10.0. The molecule has 116 valence electrons. The molecule has 21 heavy (non-hydrogen) atoms. The molecule has 0 radical (unpaired) electrons. The van der Waals surface area contributed by atoms with Crippen LogP contribution in [0.5, 0.6) is 0 Å². The highest BCUT2D eigenvalue weighted by Gasteiger charge is 2.16. The number of carbonyl (C=O) groups excluding carboxylic acids is 1. The van der Waals surface area contributed by atoms with Crippen molar-refractivity contribution in [1.82, 2.24) is 10.2 Å². The summed E-state index contributed by atoms with van der Waals surface area (Å²) in [6, 6.07) is 7.78. The van der Waals surface area contributed by atoms with Gasteiger partial charge in [0.2, 0.25) is 5.91 Å². The predicted molar refractivity (Wildman–Crippen MR) is 87.6 cm³/mol. The quantitative estimate of drug-likeness (QED) is 0.875. The number of likely N-dealkylation sites (tertiary alicyclic amines) is 1. The van der Waals surface area contributed by atoms with Gasteiger partial charge in [0.05, 0.1) is 0 Å². The van der Waals surface area contributed by atoms with Crippen molar-refractivity contribution in [3.05, 3.63) is 34.9 Å². The van der Waals surface area contributed by atoms with E-state index in [0.717, 1.165) is 37.0 Å². The first kappa shape index (κ1) is 16.3. The van der Waals surface area contributed by atoms with Crippen LogP contribution in [0.3, 0.4) is 0 Å². The van der Waals surface area contributed by atoms with Crippen molar-refractivity contribution in [3.8, 4) is 0 Å². The number of carbonyl (C=O) groups is 1. The van der Waals surface area contributed by atoms with Gasteiger partial charge in [0.1, 0.15) is 0 Å². The van der Waals surface area contributed by atoms with E-state index in [-0.39, 0.29) is 5.91 Å². The highest BCUT2D eigenvalue weighted by Crippen LogP contribution is 2.15. The van der Waals surface area contributed by atoms with E-state index >= 15 is 0 Å². The molecule has 1 aromatic carbocycles. The highest BCUT2D eigenvalue weighted by molar-refractivity contribution is 6.30. The Bertz CT molecular complexity index is 447. The maximum Gasteiger partial charge on any atom is 0.221 e. The molecule has 3 nitrogen and oxygen atoms in total. The molecule has 1 aromatic rings. The molecule has 1 aliphatic rings. The summed E-state index contributed by atoms with van der Waals surface area (Å²) in [7, 11) is 0.